The highest BCUT2D eigenvalue weighted by molar-refractivity contribution is 5.58. The summed E-state index contributed by atoms with van der Waals surface area (Å²) in [5.41, 5.74) is 4.74. The van der Waals surface area contributed by atoms with Crippen molar-refractivity contribution in [2.75, 3.05) is 0 Å². The summed E-state index contributed by atoms with van der Waals surface area (Å²) in [7, 11) is 0. The third-order valence-electron chi connectivity index (χ3n) is 6.23. The standard InChI is InChI=1S/C25H36N2/c1-3-4-5-6-7-24-18-19-25(27-26-24)23-16-14-22(15-17-23)13-12-21-10-8-20(2)9-11-21/h14-21H,3-13H2,1-2H3. The van der Waals surface area contributed by atoms with Gasteiger partial charge in [-0.05, 0) is 55.2 Å². The van der Waals surface area contributed by atoms with Crippen molar-refractivity contribution in [3.8, 4) is 11.3 Å². The summed E-state index contributed by atoms with van der Waals surface area (Å²) in [6.07, 6.45) is 14.4. The van der Waals surface area contributed by atoms with E-state index in [0.29, 0.717) is 0 Å². The second kappa shape index (κ2) is 10.6. The number of nitrogens with zero attached hydrogens (tertiary/aromatic N) is 2. The van der Waals surface area contributed by atoms with E-state index in [1.807, 2.05) is 0 Å². The monoisotopic (exact) mass is 364 g/mol. The van der Waals surface area contributed by atoms with Gasteiger partial charge in [0.25, 0.3) is 0 Å². The molecule has 1 aliphatic rings. The molecule has 2 aromatic rings. The van der Waals surface area contributed by atoms with Crippen molar-refractivity contribution in [3.63, 3.8) is 0 Å². The van der Waals surface area contributed by atoms with Gasteiger partial charge in [-0.25, -0.2) is 0 Å². The molecule has 27 heavy (non-hydrogen) atoms. The van der Waals surface area contributed by atoms with Gasteiger partial charge in [0.05, 0.1) is 11.4 Å². The Hall–Kier alpha value is -1.70. The molecule has 1 fully saturated rings. The Morgan fingerprint density at radius 2 is 1.59 bits per heavy atom. The molecule has 0 unspecified atom stereocenters. The highest BCUT2D eigenvalue weighted by Gasteiger charge is 2.17. The van der Waals surface area contributed by atoms with Gasteiger partial charge in [-0.2, -0.15) is 10.2 Å². The van der Waals surface area contributed by atoms with Gasteiger partial charge in [-0.1, -0.05) is 83.1 Å². The Balaban J connectivity index is 1.48. The molecule has 0 spiro atoms. The van der Waals surface area contributed by atoms with Crippen molar-refractivity contribution in [3.05, 3.63) is 47.7 Å². The molecule has 0 bridgehead atoms. The van der Waals surface area contributed by atoms with Gasteiger partial charge in [-0.3, -0.25) is 0 Å². The molecule has 2 heteroatoms. The number of benzene rings is 1. The maximum absolute atomic E-state index is 4.45. The molecule has 1 aromatic heterocycles. The van der Waals surface area contributed by atoms with Crippen LogP contribution in [0.3, 0.4) is 0 Å². The van der Waals surface area contributed by atoms with Gasteiger partial charge >= 0.3 is 0 Å². The first-order chi connectivity index (χ1) is 13.2. The Morgan fingerprint density at radius 1 is 0.815 bits per heavy atom. The van der Waals surface area contributed by atoms with E-state index in [1.54, 1.807) is 0 Å². The zero-order valence-electron chi connectivity index (χ0n) is 17.3. The lowest BCUT2D eigenvalue weighted by atomic mass is 9.80. The Labute approximate surface area is 165 Å². The predicted octanol–water partition coefficient (Wildman–Crippen LogP) is 7.03. The fourth-order valence-corrected chi connectivity index (χ4v) is 4.21. The van der Waals surface area contributed by atoms with Crippen LogP contribution in [0.15, 0.2) is 36.4 Å². The number of unbranched alkanes of at least 4 members (excludes halogenated alkanes) is 3. The lowest BCUT2D eigenvalue weighted by Gasteiger charge is -2.26. The van der Waals surface area contributed by atoms with Crippen molar-refractivity contribution in [1.82, 2.24) is 10.2 Å². The van der Waals surface area contributed by atoms with Gasteiger partial charge in [0.1, 0.15) is 0 Å². The fourth-order valence-electron chi connectivity index (χ4n) is 4.21. The van der Waals surface area contributed by atoms with Crippen LogP contribution >= 0.6 is 0 Å². The molecule has 2 nitrogen and oxygen atoms in total. The normalized spacial score (nSPS) is 19.9. The molecule has 1 saturated carbocycles. The van der Waals surface area contributed by atoms with Crippen LogP contribution in [0.5, 0.6) is 0 Å². The van der Waals surface area contributed by atoms with E-state index < -0.39 is 0 Å². The number of rotatable bonds is 9. The third-order valence-corrected chi connectivity index (χ3v) is 6.23. The average molecular weight is 365 g/mol. The van der Waals surface area contributed by atoms with Crippen molar-refractivity contribution in [2.24, 2.45) is 11.8 Å². The first kappa shape index (κ1) is 20.0. The zero-order chi connectivity index (χ0) is 18.9. The van der Waals surface area contributed by atoms with E-state index in [-0.39, 0.29) is 0 Å². The minimum Gasteiger partial charge on any atom is -0.155 e. The lowest BCUT2D eigenvalue weighted by molar-refractivity contribution is 0.278. The van der Waals surface area contributed by atoms with Gasteiger partial charge in [0, 0.05) is 5.56 Å². The SMILES string of the molecule is CCCCCCc1ccc(-c2ccc(CCC3CCC(C)CC3)cc2)nn1. The third kappa shape index (κ3) is 6.45. The minimum absolute atomic E-state index is 0.941. The second-order valence-electron chi connectivity index (χ2n) is 8.58. The average Bonchev–Trinajstić information content (AvgIpc) is 2.72. The number of hydrogen-bond acceptors (Lipinski definition) is 2. The summed E-state index contributed by atoms with van der Waals surface area (Å²) in [5.74, 6) is 1.89. The zero-order valence-corrected chi connectivity index (χ0v) is 17.3. The molecular weight excluding hydrogens is 328 g/mol. The van der Waals surface area contributed by atoms with Crippen LogP contribution in [-0.4, -0.2) is 10.2 Å². The first-order valence-electron chi connectivity index (χ1n) is 11.2. The molecule has 0 atom stereocenters. The summed E-state index contributed by atoms with van der Waals surface area (Å²) in [5, 5.41) is 8.88. The summed E-state index contributed by atoms with van der Waals surface area (Å²) in [6.45, 7) is 4.65. The molecule has 146 valence electrons. The van der Waals surface area contributed by atoms with Crippen molar-refractivity contribution >= 4 is 0 Å². The van der Waals surface area contributed by atoms with Gasteiger partial charge in [0.2, 0.25) is 0 Å². The van der Waals surface area contributed by atoms with Crippen LogP contribution in [0.4, 0.5) is 0 Å². The van der Waals surface area contributed by atoms with Crippen molar-refractivity contribution in [1.29, 1.82) is 0 Å². The number of hydrogen-bond donors (Lipinski definition) is 0. The summed E-state index contributed by atoms with van der Waals surface area (Å²) in [4.78, 5) is 0. The minimum atomic E-state index is 0.941. The van der Waals surface area contributed by atoms with Crippen LogP contribution in [0, 0.1) is 11.8 Å². The van der Waals surface area contributed by atoms with Crippen LogP contribution < -0.4 is 0 Å². The van der Waals surface area contributed by atoms with E-state index in [1.165, 1.54) is 75.3 Å². The largest absolute Gasteiger partial charge is 0.155 e. The van der Waals surface area contributed by atoms with E-state index in [0.717, 1.165) is 29.6 Å². The number of aryl methyl sites for hydroxylation is 2. The highest BCUT2D eigenvalue weighted by atomic mass is 15.1. The summed E-state index contributed by atoms with van der Waals surface area (Å²) < 4.78 is 0. The van der Waals surface area contributed by atoms with E-state index >= 15 is 0 Å². The highest BCUT2D eigenvalue weighted by Crippen LogP contribution is 2.31. The molecule has 1 aromatic carbocycles. The quantitative estimate of drug-likeness (QED) is 0.446. The molecule has 1 aliphatic carbocycles. The summed E-state index contributed by atoms with van der Waals surface area (Å²) >= 11 is 0. The molecule has 0 amide bonds. The van der Waals surface area contributed by atoms with Crippen LogP contribution in [-0.2, 0) is 12.8 Å². The molecule has 1 heterocycles. The second-order valence-corrected chi connectivity index (χ2v) is 8.58. The van der Waals surface area contributed by atoms with Crippen LogP contribution in [0.25, 0.3) is 11.3 Å². The van der Waals surface area contributed by atoms with E-state index in [2.05, 4.69) is 60.4 Å². The molecule has 0 radical (unpaired) electrons. The molecule has 3 rings (SSSR count). The smallest absolute Gasteiger partial charge is 0.0929 e. The summed E-state index contributed by atoms with van der Waals surface area (Å²) in [6, 6.07) is 13.3. The van der Waals surface area contributed by atoms with Crippen molar-refractivity contribution in [2.45, 2.75) is 84.5 Å². The maximum atomic E-state index is 4.45. The Morgan fingerprint density at radius 3 is 2.26 bits per heavy atom. The number of aromatic nitrogens is 2. The lowest BCUT2D eigenvalue weighted by Crippen LogP contribution is -2.12. The van der Waals surface area contributed by atoms with Gasteiger partial charge in [-0.15, -0.1) is 0 Å². The molecule has 0 aliphatic heterocycles. The van der Waals surface area contributed by atoms with E-state index in [9.17, 15) is 0 Å². The van der Waals surface area contributed by atoms with Gasteiger partial charge < -0.3 is 0 Å². The maximum Gasteiger partial charge on any atom is 0.0929 e. The molecular formula is C25H36N2. The van der Waals surface area contributed by atoms with Crippen molar-refractivity contribution < 1.29 is 0 Å². The first-order valence-corrected chi connectivity index (χ1v) is 11.2. The van der Waals surface area contributed by atoms with Crippen LogP contribution in [0.2, 0.25) is 0 Å². The molecule has 0 saturated heterocycles. The molecule has 0 N–H and O–H groups in total. The fraction of sp³-hybridized carbons (Fsp3) is 0.600. The Kier molecular flexibility index (Phi) is 7.86. The van der Waals surface area contributed by atoms with Crippen LogP contribution in [0.1, 0.15) is 82.9 Å². The topological polar surface area (TPSA) is 25.8 Å². The Bertz CT molecular complexity index is 652. The van der Waals surface area contributed by atoms with E-state index in [4.69, 9.17) is 0 Å². The predicted molar refractivity (Wildman–Crippen MR) is 115 cm³/mol. The van der Waals surface area contributed by atoms with Gasteiger partial charge in [0.15, 0.2) is 0 Å².